The van der Waals surface area contributed by atoms with Crippen LogP contribution in [0.15, 0.2) is 42.9 Å². The van der Waals surface area contributed by atoms with Crippen LogP contribution in [0.4, 0.5) is 26.0 Å². The summed E-state index contributed by atoms with van der Waals surface area (Å²) < 4.78 is 37.5. The molecule has 1 aromatic carbocycles. The highest BCUT2D eigenvalue weighted by Crippen LogP contribution is 2.53. The van der Waals surface area contributed by atoms with Crippen LogP contribution in [-0.2, 0) is 14.3 Å². The molecule has 3 aromatic heterocycles. The van der Waals surface area contributed by atoms with E-state index in [2.05, 4.69) is 35.9 Å². The predicted molar refractivity (Wildman–Crippen MR) is 227 cm³/mol. The molecule has 1 spiro atoms. The van der Waals surface area contributed by atoms with E-state index in [-0.39, 0.29) is 53.4 Å². The van der Waals surface area contributed by atoms with Crippen LogP contribution in [0.5, 0.6) is 0 Å². The summed E-state index contributed by atoms with van der Waals surface area (Å²) >= 11 is 0. The molecule has 2 aliphatic carbocycles. The minimum absolute atomic E-state index is 0.00331. The zero-order valence-electron chi connectivity index (χ0n) is 35.4. The Morgan fingerprint density at radius 3 is 2.52 bits per heavy atom. The monoisotopic (exact) mass is 879 g/mol. The molecule has 19 heteroatoms. The molecule has 2 bridgehead atoms. The zero-order chi connectivity index (χ0) is 43.9. The number of aromatic nitrogens is 5. The first-order valence-corrected chi connectivity index (χ1v) is 22.7. The lowest BCUT2D eigenvalue weighted by molar-refractivity contribution is -0.136. The van der Waals surface area contributed by atoms with Gasteiger partial charge in [-0.2, -0.15) is 10.2 Å². The molecule has 5 amide bonds. The summed E-state index contributed by atoms with van der Waals surface area (Å²) in [5.41, 5.74) is 1.57. The van der Waals surface area contributed by atoms with Crippen LogP contribution in [0.1, 0.15) is 120 Å². The third-order valence-electron chi connectivity index (χ3n) is 15.1. The van der Waals surface area contributed by atoms with E-state index >= 15 is 0 Å². The van der Waals surface area contributed by atoms with Crippen LogP contribution in [0.3, 0.4) is 0 Å². The number of nitrogens with zero attached hydrogens (tertiary/aromatic N) is 8. The molecule has 3 N–H and O–H groups in total. The molecule has 17 nitrogen and oxygen atoms in total. The summed E-state index contributed by atoms with van der Waals surface area (Å²) in [5, 5.41) is 17.0. The van der Waals surface area contributed by atoms with Gasteiger partial charge in [-0.3, -0.25) is 38.9 Å². The maximum Gasteiger partial charge on any atom is 0.284 e. The minimum Gasteiger partial charge on any atom is -0.384 e. The number of anilines is 3. The van der Waals surface area contributed by atoms with Crippen molar-refractivity contribution in [2.24, 2.45) is 17.3 Å². The molecule has 4 aromatic rings. The number of piperidine rings is 2. The zero-order valence-corrected chi connectivity index (χ0v) is 35.4. The average molecular weight is 880 g/mol. The number of imide groups is 2. The van der Waals surface area contributed by atoms with Crippen LogP contribution < -0.4 is 20.9 Å². The summed E-state index contributed by atoms with van der Waals surface area (Å²) in [6.07, 6.45) is 11.2. The Morgan fingerprint density at radius 2 is 1.78 bits per heavy atom. The Balaban J connectivity index is 0.645. The second-order valence-corrected chi connectivity index (χ2v) is 19.1. The molecule has 8 heterocycles. The Bertz CT molecular complexity index is 2540. The van der Waals surface area contributed by atoms with Crippen molar-refractivity contribution in [3.05, 3.63) is 65.2 Å². The van der Waals surface area contributed by atoms with E-state index in [4.69, 9.17) is 9.72 Å². The van der Waals surface area contributed by atoms with E-state index in [0.717, 1.165) is 94.7 Å². The number of carbonyl (C=O) groups is 5. The molecule has 7 aliphatic rings. The Labute approximate surface area is 367 Å². The van der Waals surface area contributed by atoms with Gasteiger partial charge in [0.05, 0.1) is 47.8 Å². The molecule has 6 fully saturated rings. The summed E-state index contributed by atoms with van der Waals surface area (Å²) in [7, 11) is 0. The highest BCUT2D eigenvalue weighted by atomic mass is 19.3. The topological polar surface area (TPSA) is 188 Å². The van der Waals surface area contributed by atoms with Gasteiger partial charge < -0.3 is 25.2 Å². The second-order valence-electron chi connectivity index (χ2n) is 19.1. The number of rotatable bonds is 11. The number of alkyl halides is 2. The van der Waals surface area contributed by atoms with Gasteiger partial charge in [-0.15, -0.1) is 0 Å². The average Bonchev–Trinajstić information content (AvgIpc) is 4.13. The quantitative estimate of drug-likeness (QED) is 0.175. The lowest BCUT2D eigenvalue weighted by Gasteiger charge is -2.53. The highest BCUT2D eigenvalue weighted by molar-refractivity contribution is 6.25. The van der Waals surface area contributed by atoms with Gasteiger partial charge in [0.2, 0.25) is 11.8 Å². The number of benzene rings is 1. The molecule has 3 atom stereocenters. The number of nitrogens with one attached hydrogen (secondary N) is 3. The van der Waals surface area contributed by atoms with Crippen LogP contribution in [0, 0.1) is 17.3 Å². The van der Waals surface area contributed by atoms with Crippen LogP contribution in [0.2, 0.25) is 0 Å². The number of carbonyl (C=O) groups excluding carboxylic acids is 5. The highest BCUT2D eigenvalue weighted by Gasteiger charge is 2.48. The third-order valence-corrected chi connectivity index (χ3v) is 15.1. The van der Waals surface area contributed by atoms with Gasteiger partial charge >= 0.3 is 0 Å². The fraction of sp³-hybridized carbons (Fsp3) is 0.556. The number of fused-ring (bicyclic) bond motifs is 4. The maximum absolute atomic E-state index is 14.3. The van der Waals surface area contributed by atoms with E-state index in [1.54, 1.807) is 35.3 Å². The van der Waals surface area contributed by atoms with Crippen molar-refractivity contribution in [3.8, 4) is 0 Å². The fourth-order valence-corrected chi connectivity index (χ4v) is 11.7. The standard InChI is InChI=1S/C45H51F2N11O6/c46-39(47)38-33(50-41(60)31-20-49-56-13-10-35(51-40(31)56)55-22-29-16-28(55)24-64-29)23-57(53-38)27-6-4-25(5-7-27)21-54-14-11-45(12-15-54)17-26(18-45)19-48-32-3-1-2-30-37(32)44(63)58(43(30)62)34-8-9-36(59)52-42(34)61/h1-3,10,13,20,23,25-29,34,39,48H,4-9,11-12,14-19,21-22,24H2,(H,50,60)(H,52,59,61)/t25?,27?,28-,29-,34?/m1/s1. The van der Waals surface area contributed by atoms with E-state index in [1.165, 1.54) is 10.7 Å². The molecular weight excluding hydrogens is 829 g/mol. The predicted octanol–water partition coefficient (Wildman–Crippen LogP) is 4.83. The Kier molecular flexibility index (Phi) is 10.2. The summed E-state index contributed by atoms with van der Waals surface area (Å²) in [5.74, 6) is -0.918. The first-order valence-electron chi connectivity index (χ1n) is 22.7. The van der Waals surface area contributed by atoms with Crippen molar-refractivity contribution in [2.75, 3.05) is 54.9 Å². The molecule has 0 radical (unpaired) electrons. The first kappa shape index (κ1) is 40.9. The van der Waals surface area contributed by atoms with Gasteiger partial charge in [0, 0.05) is 44.1 Å². The van der Waals surface area contributed by atoms with E-state index in [9.17, 15) is 32.8 Å². The van der Waals surface area contributed by atoms with Crippen molar-refractivity contribution in [2.45, 2.75) is 101 Å². The van der Waals surface area contributed by atoms with Crippen molar-refractivity contribution in [3.63, 3.8) is 0 Å². The molecule has 4 saturated heterocycles. The largest absolute Gasteiger partial charge is 0.384 e. The molecule has 336 valence electrons. The number of likely N-dealkylation sites (tertiary alicyclic amines) is 1. The smallest absolute Gasteiger partial charge is 0.284 e. The molecule has 64 heavy (non-hydrogen) atoms. The molecule has 1 unspecified atom stereocenters. The minimum atomic E-state index is -2.86. The number of morpholine rings is 1. The van der Waals surface area contributed by atoms with Gasteiger partial charge in [0.15, 0.2) is 11.3 Å². The van der Waals surface area contributed by atoms with Crippen LogP contribution in [0.25, 0.3) is 5.65 Å². The molecular formula is C45H51F2N11O6. The lowest BCUT2D eigenvalue weighted by Crippen LogP contribution is -2.54. The number of amides is 5. The molecule has 2 saturated carbocycles. The van der Waals surface area contributed by atoms with E-state index in [0.29, 0.717) is 41.7 Å². The first-order chi connectivity index (χ1) is 31.0. The van der Waals surface area contributed by atoms with Crippen molar-refractivity contribution >= 4 is 52.4 Å². The van der Waals surface area contributed by atoms with E-state index in [1.807, 2.05) is 6.07 Å². The number of hydrogen-bond donors (Lipinski definition) is 3. The van der Waals surface area contributed by atoms with Gasteiger partial charge in [0.25, 0.3) is 24.1 Å². The van der Waals surface area contributed by atoms with Gasteiger partial charge in [-0.1, -0.05) is 6.07 Å². The van der Waals surface area contributed by atoms with Gasteiger partial charge in [-0.25, -0.2) is 18.3 Å². The van der Waals surface area contributed by atoms with Gasteiger partial charge in [0.1, 0.15) is 17.4 Å². The lowest BCUT2D eigenvalue weighted by atomic mass is 9.57. The van der Waals surface area contributed by atoms with Crippen molar-refractivity contribution in [1.29, 1.82) is 0 Å². The molecule has 5 aliphatic heterocycles. The summed E-state index contributed by atoms with van der Waals surface area (Å²) in [6.45, 7) is 5.15. The van der Waals surface area contributed by atoms with E-state index < -0.39 is 47.7 Å². The Hall–Kier alpha value is -5.82. The Morgan fingerprint density at radius 1 is 0.969 bits per heavy atom. The third kappa shape index (κ3) is 7.29. The van der Waals surface area contributed by atoms with Crippen LogP contribution >= 0.6 is 0 Å². The normalized spacial score (nSPS) is 26.9. The van der Waals surface area contributed by atoms with Crippen LogP contribution in [-0.4, -0.2) is 121 Å². The number of halogens is 2. The second kappa shape index (κ2) is 16.0. The van der Waals surface area contributed by atoms with Crippen molar-refractivity contribution in [1.82, 2.24) is 39.5 Å². The van der Waals surface area contributed by atoms with Crippen molar-refractivity contribution < 1.29 is 37.5 Å². The van der Waals surface area contributed by atoms with Gasteiger partial charge in [-0.05, 0) is 113 Å². The number of ether oxygens (including phenoxy) is 1. The number of hydrogen-bond acceptors (Lipinski definition) is 12. The summed E-state index contributed by atoms with van der Waals surface area (Å²) in [6, 6.07) is 6.23. The fourth-order valence-electron chi connectivity index (χ4n) is 11.7. The summed E-state index contributed by atoms with van der Waals surface area (Å²) in [4.78, 5) is 75.0. The SMILES string of the molecule is O=C1CCC(N2C(=O)c3cccc(NCC4CC5(CCN(CC6CCC(n7cc(NC(=O)c8cnn9ccc(N%10C[C@H]%11C[C@@H]%10CO%11)nc89)c(C(F)F)n7)CC6)CC5)C4)c3C2=O)C(=O)N1. The maximum atomic E-state index is 14.3. The molecule has 11 rings (SSSR count).